The monoisotopic (exact) mass is 640 g/mol. The van der Waals surface area contributed by atoms with Crippen molar-refractivity contribution in [2.45, 2.75) is 46.0 Å². The maximum absolute atomic E-state index is 12.9. The van der Waals surface area contributed by atoms with Crippen molar-refractivity contribution in [2.24, 2.45) is 0 Å². The van der Waals surface area contributed by atoms with Crippen LogP contribution >= 0.6 is 0 Å². The second kappa shape index (κ2) is 15.4. The SMILES string of the molecule is CCCc1cc(NC(=O)Cc2ccn(-c3ccc(F)cc3)n2)n[nH]1.CCc1cc(NC(=O)Cc2ccn(-c3ccc(F)cc3)n2)n[nH]1. The van der Waals surface area contributed by atoms with Gasteiger partial charge in [-0.3, -0.25) is 19.8 Å². The molecule has 14 heteroatoms. The van der Waals surface area contributed by atoms with Crippen LogP contribution in [0.5, 0.6) is 0 Å². The van der Waals surface area contributed by atoms with Crippen molar-refractivity contribution in [1.29, 1.82) is 0 Å². The maximum atomic E-state index is 12.9. The van der Waals surface area contributed by atoms with Gasteiger partial charge in [0, 0.05) is 35.9 Å². The van der Waals surface area contributed by atoms with Crippen LogP contribution in [-0.2, 0) is 35.3 Å². The van der Waals surface area contributed by atoms with Gasteiger partial charge in [0.15, 0.2) is 11.6 Å². The molecule has 0 fully saturated rings. The highest BCUT2D eigenvalue weighted by molar-refractivity contribution is 5.91. The number of aromatic nitrogens is 8. The minimum absolute atomic E-state index is 0.141. The molecule has 47 heavy (non-hydrogen) atoms. The van der Waals surface area contributed by atoms with Crippen LogP contribution in [-0.4, -0.2) is 51.8 Å². The molecule has 2 aromatic carbocycles. The molecule has 4 aromatic heterocycles. The van der Waals surface area contributed by atoms with Crippen molar-refractivity contribution < 1.29 is 18.4 Å². The Hall–Kier alpha value is -5.92. The highest BCUT2D eigenvalue weighted by Crippen LogP contribution is 2.13. The Bertz CT molecular complexity index is 1910. The van der Waals surface area contributed by atoms with E-state index in [0.717, 1.165) is 42.0 Å². The third kappa shape index (κ3) is 9.29. The van der Waals surface area contributed by atoms with E-state index in [9.17, 15) is 18.4 Å². The quantitative estimate of drug-likeness (QED) is 0.150. The summed E-state index contributed by atoms with van der Waals surface area (Å²) in [5, 5.41) is 27.9. The number of anilines is 2. The molecule has 0 radical (unpaired) electrons. The van der Waals surface area contributed by atoms with Gasteiger partial charge in [0.05, 0.1) is 35.6 Å². The van der Waals surface area contributed by atoms with Crippen LogP contribution in [0.3, 0.4) is 0 Å². The summed E-state index contributed by atoms with van der Waals surface area (Å²) in [5.41, 5.74) is 4.67. The fraction of sp³-hybridized carbons (Fsp3) is 0.212. The lowest BCUT2D eigenvalue weighted by Crippen LogP contribution is -2.15. The zero-order valence-corrected chi connectivity index (χ0v) is 25.9. The first-order chi connectivity index (χ1) is 22.8. The average molecular weight is 641 g/mol. The van der Waals surface area contributed by atoms with Crippen molar-refractivity contribution >= 4 is 23.5 Å². The summed E-state index contributed by atoms with van der Waals surface area (Å²) in [7, 11) is 0. The number of carbonyl (C=O) groups is 2. The Labute approximate surface area is 269 Å². The average Bonchev–Trinajstić information content (AvgIpc) is 3.88. The van der Waals surface area contributed by atoms with Crippen molar-refractivity contribution in [2.75, 3.05) is 10.6 Å². The van der Waals surface area contributed by atoms with Crippen LogP contribution in [0.1, 0.15) is 43.0 Å². The second-order valence-corrected chi connectivity index (χ2v) is 10.6. The van der Waals surface area contributed by atoms with Gasteiger partial charge in [-0.15, -0.1) is 0 Å². The third-order valence-electron chi connectivity index (χ3n) is 6.85. The number of amides is 2. The normalized spacial score (nSPS) is 10.7. The highest BCUT2D eigenvalue weighted by atomic mass is 19.1. The summed E-state index contributed by atoms with van der Waals surface area (Å²) in [6.45, 7) is 4.08. The van der Waals surface area contributed by atoms with Gasteiger partial charge in [-0.2, -0.15) is 20.4 Å². The fourth-order valence-electron chi connectivity index (χ4n) is 4.52. The molecular weight excluding hydrogens is 606 g/mol. The van der Waals surface area contributed by atoms with E-state index >= 15 is 0 Å². The Balaban J connectivity index is 0.000000185. The molecule has 6 rings (SSSR count). The number of H-pyrrole nitrogens is 2. The molecule has 0 aliphatic carbocycles. The van der Waals surface area contributed by atoms with Crippen molar-refractivity contribution in [1.82, 2.24) is 40.0 Å². The number of benzene rings is 2. The number of aryl methyl sites for hydroxylation is 2. The van der Waals surface area contributed by atoms with Gasteiger partial charge >= 0.3 is 0 Å². The lowest BCUT2D eigenvalue weighted by molar-refractivity contribution is -0.116. The van der Waals surface area contributed by atoms with E-state index in [4.69, 9.17) is 0 Å². The number of hydrogen-bond donors (Lipinski definition) is 4. The van der Waals surface area contributed by atoms with Crippen LogP contribution in [0, 0.1) is 11.6 Å². The number of hydrogen-bond acceptors (Lipinski definition) is 6. The summed E-state index contributed by atoms with van der Waals surface area (Å²) < 4.78 is 29.1. The van der Waals surface area contributed by atoms with Gasteiger partial charge < -0.3 is 10.6 Å². The van der Waals surface area contributed by atoms with Gasteiger partial charge in [0.25, 0.3) is 0 Å². The van der Waals surface area contributed by atoms with E-state index < -0.39 is 0 Å². The van der Waals surface area contributed by atoms with Crippen LogP contribution in [0.15, 0.2) is 85.2 Å². The fourth-order valence-corrected chi connectivity index (χ4v) is 4.52. The second-order valence-electron chi connectivity index (χ2n) is 10.6. The van der Waals surface area contributed by atoms with Gasteiger partial charge in [0.2, 0.25) is 11.8 Å². The van der Waals surface area contributed by atoms with Gasteiger partial charge in [-0.25, -0.2) is 18.1 Å². The molecule has 242 valence electrons. The number of nitrogens with zero attached hydrogens (tertiary/aromatic N) is 6. The van der Waals surface area contributed by atoms with E-state index in [-0.39, 0.29) is 36.3 Å². The number of rotatable bonds is 11. The zero-order valence-electron chi connectivity index (χ0n) is 25.9. The van der Waals surface area contributed by atoms with Crippen LogP contribution in [0.4, 0.5) is 20.4 Å². The lowest BCUT2D eigenvalue weighted by atomic mass is 10.2. The van der Waals surface area contributed by atoms with Crippen molar-refractivity contribution in [3.8, 4) is 11.4 Å². The molecule has 0 saturated carbocycles. The summed E-state index contributed by atoms with van der Waals surface area (Å²) in [5.74, 6) is 0.0431. The van der Waals surface area contributed by atoms with E-state index in [2.05, 4.69) is 48.1 Å². The molecule has 0 spiro atoms. The van der Waals surface area contributed by atoms with Crippen LogP contribution in [0.25, 0.3) is 11.4 Å². The first-order valence-electron chi connectivity index (χ1n) is 15.1. The van der Waals surface area contributed by atoms with Gasteiger partial charge in [0.1, 0.15) is 11.6 Å². The molecular formula is C33H34F2N10O2. The Morgan fingerprint density at radius 3 is 1.55 bits per heavy atom. The van der Waals surface area contributed by atoms with E-state index in [1.807, 2.05) is 13.0 Å². The molecule has 0 bridgehead atoms. The van der Waals surface area contributed by atoms with E-state index in [0.29, 0.717) is 23.0 Å². The van der Waals surface area contributed by atoms with Gasteiger partial charge in [-0.05, 0) is 73.5 Å². The summed E-state index contributed by atoms with van der Waals surface area (Å²) >= 11 is 0. The van der Waals surface area contributed by atoms with Crippen molar-refractivity contribution in [3.05, 3.63) is 120 Å². The number of halogens is 2. The molecule has 0 aliphatic rings. The molecule has 0 unspecified atom stereocenters. The number of carbonyl (C=O) groups excluding carboxylic acids is 2. The smallest absolute Gasteiger partial charge is 0.231 e. The predicted molar refractivity (Wildman–Crippen MR) is 172 cm³/mol. The molecule has 4 heterocycles. The minimum Gasteiger partial charge on any atom is -0.309 e. The molecule has 0 saturated heterocycles. The minimum atomic E-state index is -0.300. The summed E-state index contributed by atoms with van der Waals surface area (Å²) in [6, 6.07) is 19.1. The molecule has 0 atom stereocenters. The molecule has 4 N–H and O–H groups in total. The first-order valence-corrected chi connectivity index (χ1v) is 15.1. The zero-order chi connectivity index (χ0) is 33.2. The van der Waals surface area contributed by atoms with Crippen molar-refractivity contribution in [3.63, 3.8) is 0 Å². The lowest BCUT2D eigenvalue weighted by Gasteiger charge is -2.01. The van der Waals surface area contributed by atoms with Gasteiger partial charge in [-0.1, -0.05) is 20.3 Å². The summed E-state index contributed by atoms with van der Waals surface area (Å²) in [4.78, 5) is 24.1. The molecule has 6 aromatic rings. The Morgan fingerprint density at radius 2 is 1.13 bits per heavy atom. The molecule has 0 aliphatic heterocycles. The first kappa shape index (κ1) is 32.5. The topological polar surface area (TPSA) is 151 Å². The predicted octanol–water partition coefficient (Wildman–Crippen LogP) is 5.35. The number of nitrogens with one attached hydrogen (secondary N) is 4. The Morgan fingerprint density at radius 1 is 0.681 bits per heavy atom. The van der Waals surface area contributed by atoms with E-state index in [1.165, 1.54) is 24.3 Å². The summed E-state index contributed by atoms with van der Waals surface area (Å²) in [6.07, 6.45) is 6.49. The standard InChI is InChI=1S/C17H18FN5O.C16H16FN5O/c1-2-3-13-10-16(21-20-13)19-17(24)11-14-8-9-23(22-14)15-6-4-12(18)5-7-15;1-2-12-9-15(20-19-12)18-16(23)10-13-7-8-22(21-13)14-5-3-11(17)4-6-14/h4-10H,2-3,11H2,1H3,(H2,19,20,21,24);3-9H,2,10H2,1H3,(H2,18,19,20,23). The number of aromatic amines is 2. The van der Waals surface area contributed by atoms with E-state index in [1.54, 1.807) is 64.2 Å². The third-order valence-corrected chi connectivity index (χ3v) is 6.85. The molecule has 2 amide bonds. The maximum Gasteiger partial charge on any atom is 0.231 e. The molecule has 12 nitrogen and oxygen atoms in total. The largest absolute Gasteiger partial charge is 0.309 e. The highest BCUT2D eigenvalue weighted by Gasteiger charge is 2.11. The van der Waals surface area contributed by atoms with Crippen LogP contribution < -0.4 is 10.6 Å². The van der Waals surface area contributed by atoms with Crippen LogP contribution in [0.2, 0.25) is 0 Å². The Kier molecular flexibility index (Phi) is 10.6.